The van der Waals surface area contributed by atoms with E-state index in [4.69, 9.17) is 10.7 Å². The predicted octanol–water partition coefficient (Wildman–Crippen LogP) is 2.65. The Morgan fingerprint density at radius 1 is 1.19 bits per heavy atom. The molecule has 0 radical (unpaired) electrons. The van der Waals surface area contributed by atoms with Crippen LogP contribution in [0.15, 0.2) is 24.3 Å². The normalized spacial score (nSPS) is 12.5. The molecule has 0 unspecified atom stereocenters. The Kier molecular flexibility index (Phi) is 3.69. The number of hydrogen-bond acceptors (Lipinski definition) is 3. The van der Waals surface area contributed by atoms with Crippen molar-refractivity contribution >= 4 is 19.7 Å². The molecule has 0 saturated heterocycles. The van der Waals surface area contributed by atoms with Crippen molar-refractivity contribution in [3.05, 3.63) is 29.8 Å². The van der Waals surface area contributed by atoms with E-state index in [-0.39, 0.29) is 5.56 Å². The summed E-state index contributed by atoms with van der Waals surface area (Å²) in [4.78, 5) is 0. The summed E-state index contributed by atoms with van der Waals surface area (Å²) in [6.07, 6.45) is -4.76. The van der Waals surface area contributed by atoms with Crippen LogP contribution in [-0.4, -0.2) is 14.8 Å². The maximum Gasteiger partial charge on any atom is 0.573 e. The zero-order valence-electron chi connectivity index (χ0n) is 7.66. The van der Waals surface area contributed by atoms with Gasteiger partial charge in [-0.3, -0.25) is 0 Å². The van der Waals surface area contributed by atoms with E-state index in [0.29, 0.717) is 0 Å². The van der Waals surface area contributed by atoms with Crippen LogP contribution >= 0.6 is 10.7 Å². The highest BCUT2D eigenvalue weighted by Crippen LogP contribution is 2.23. The van der Waals surface area contributed by atoms with Crippen LogP contribution in [0.25, 0.3) is 0 Å². The molecule has 8 heteroatoms. The van der Waals surface area contributed by atoms with Crippen LogP contribution in [0.1, 0.15) is 5.56 Å². The molecule has 0 fully saturated rings. The highest BCUT2D eigenvalue weighted by atomic mass is 35.7. The molecule has 0 heterocycles. The molecule has 0 bridgehead atoms. The topological polar surface area (TPSA) is 43.4 Å². The molecule has 0 aliphatic rings. The van der Waals surface area contributed by atoms with E-state index >= 15 is 0 Å². The number of hydrogen-bond donors (Lipinski definition) is 0. The summed E-state index contributed by atoms with van der Waals surface area (Å²) in [6.45, 7) is 0. The second kappa shape index (κ2) is 4.50. The molecule has 0 amide bonds. The molecule has 1 aromatic rings. The van der Waals surface area contributed by atoms with Crippen LogP contribution in [0.5, 0.6) is 5.75 Å². The van der Waals surface area contributed by atoms with E-state index in [0.717, 1.165) is 12.1 Å². The van der Waals surface area contributed by atoms with E-state index in [1.807, 2.05) is 0 Å². The van der Waals surface area contributed by atoms with Gasteiger partial charge in [0.15, 0.2) is 0 Å². The lowest BCUT2D eigenvalue weighted by Crippen LogP contribution is -2.17. The minimum Gasteiger partial charge on any atom is -0.406 e. The quantitative estimate of drug-likeness (QED) is 0.796. The molecule has 0 atom stereocenters. The van der Waals surface area contributed by atoms with Crippen molar-refractivity contribution in [3.63, 3.8) is 0 Å². The number of halogens is 4. The third kappa shape index (κ3) is 5.22. The molecule has 1 rings (SSSR count). The van der Waals surface area contributed by atoms with Crippen LogP contribution in [0, 0.1) is 0 Å². The first-order valence-corrected chi connectivity index (χ1v) is 6.40. The molecule has 0 saturated carbocycles. The molecule has 90 valence electrons. The zero-order chi connectivity index (χ0) is 12.4. The lowest BCUT2D eigenvalue weighted by molar-refractivity contribution is -0.274. The van der Waals surface area contributed by atoms with Crippen LogP contribution < -0.4 is 4.74 Å². The van der Waals surface area contributed by atoms with Gasteiger partial charge < -0.3 is 4.74 Å². The second-order valence-corrected chi connectivity index (χ2v) is 5.65. The molecule has 0 N–H and O–H groups in total. The van der Waals surface area contributed by atoms with Crippen LogP contribution in [0.3, 0.4) is 0 Å². The van der Waals surface area contributed by atoms with Gasteiger partial charge in [0.1, 0.15) is 5.75 Å². The van der Waals surface area contributed by atoms with Crippen LogP contribution in [-0.2, 0) is 14.8 Å². The summed E-state index contributed by atoms with van der Waals surface area (Å²) in [7, 11) is 1.26. The molecule has 0 aromatic heterocycles. The van der Waals surface area contributed by atoms with Crippen LogP contribution in [0.4, 0.5) is 13.2 Å². The average molecular weight is 275 g/mol. The highest BCUT2D eigenvalue weighted by Gasteiger charge is 2.30. The molecule has 16 heavy (non-hydrogen) atoms. The van der Waals surface area contributed by atoms with Crippen molar-refractivity contribution in [1.82, 2.24) is 0 Å². The summed E-state index contributed by atoms with van der Waals surface area (Å²) < 4.78 is 60.3. The van der Waals surface area contributed by atoms with Gasteiger partial charge in [0.05, 0.1) is 5.75 Å². The molecule has 0 spiro atoms. The van der Waals surface area contributed by atoms with E-state index in [1.165, 1.54) is 12.1 Å². The van der Waals surface area contributed by atoms with Gasteiger partial charge >= 0.3 is 6.36 Å². The van der Waals surface area contributed by atoms with Crippen molar-refractivity contribution in [2.75, 3.05) is 0 Å². The number of ether oxygens (including phenoxy) is 1. The van der Waals surface area contributed by atoms with Gasteiger partial charge in [0.25, 0.3) is 0 Å². The monoisotopic (exact) mass is 274 g/mol. The maximum atomic E-state index is 11.8. The molecular weight excluding hydrogens is 269 g/mol. The Hall–Kier alpha value is -0.950. The number of benzene rings is 1. The second-order valence-electron chi connectivity index (χ2n) is 2.87. The number of rotatable bonds is 3. The first kappa shape index (κ1) is 13.1. The van der Waals surface area contributed by atoms with Gasteiger partial charge in [0.2, 0.25) is 9.05 Å². The van der Waals surface area contributed by atoms with Crippen molar-refractivity contribution in [1.29, 1.82) is 0 Å². The van der Waals surface area contributed by atoms with Crippen molar-refractivity contribution in [3.8, 4) is 5.75 Å². The average Bonchev–Trinajstić information content (AvgIpc) is 2.03. The van der Waals surface area contributed by atoms with Crippen molar-refractivity contribution in [2.24, 2.45) is 0 Å². The largest absolute Gasteiger partial charge is 0.573 e. The molecule has 1 aromatic carbocycles. The standard InChI is InChI=1S/C8H6ClF3O3S/c9-16(13,14)5-6-1-3-7(4-2-6)15-8(10,11)12/h1-4H,5H2. The Morgan fingerprint density at radius 3 is 2.06 bits per heavy atom. The minimum absolute atomic E-state index is 0.282. The molecule has 0 aliphatic heterocycles. The molecule has 3 nitrogen and oxygen atoms in total. The van der Waals surface area contributed by atoms with E-state index < -0.39 is 26.9 Å². The van der Waals surface area contributed by atoms with Crippen LogP contribution in [0.2, 0.25) is 0 Å². The Bertz CT molecular complexity index is 452. The fraction of sp³-hybridized carbons (Fsp3) is 0.250. The van der Waals surface area contributed by atoms with Gasteiger partial charge in [-0.2, -0.15) is 0 Å². The number of alkyl halides is 3. The van der Waals surface area contributed by atoms with Crippen molar-refractivity contribution < 1.29 is 26.3 Å². The van der Waals surface area contributed by atoms with Gasteiger partial charge in [-0.15, -0.1) is 13.2 Å². The Morgan fingerprint density at radius 2 is 1.69 bits per heavy atom. The Labute approximate surface area is 94.2 Å². The summed E-state index contributed by atoms with van der Waals surface area (Å²) in [6, 6.07) is 4.43. The predicted molar refractivity (Wildman–Crippen MR) is 51.6 cm³/mol. The van der Waals surface area contributed by atoms with E-state index in [2.05, 4.69) is 4.74 Å². The fourth-order valence-electron chi connectivity index (χ4n) is 0.986. The third-order valence-electron chi connectivity index (χ3n) is 1.50. The van der Waals surface area contributed by atoms with Crippen molar-refractivity contribution in [2.45, 2.75) is 12.1 Å². The Balaban J connectivity index is 2.76. The van der Waals surface area contributed by atoms with Gasteiger partial charge in [0, 0.05) is 10.7 Å². The zero-order valence-corrected chi connectivity index (χ0v) is 9.23. The van der Waals surface area contributed by atoms with Gasteiger partial charge in [-0.05, 0) is 17.7 Å². The minimum atomic E-state index is -4.76. The van der Waals surface area contributed by atoms with E-state index in [1.54, 1.807) is 0 Å². The smallest absolute Gasteiger partial charge is 0.406 e. The van der Waals surface area contributed by atoms with Gasteiger partial charge in [-0.1, -0.05) is 12.1 Å². The lowest BCUT2D eigenvalue weighted by Gasteiger charge is -2.08. The summed E-state index contributed by atoms with van der Waals surface area (Å²) in [5, 5.41) is 0. The highest BCUT2D eigenvalue weighted by molar-refractivity contribution is 8.13. The summed E-state index contributed by atoms with van der Waals surface area (Å²) >= 11 is 0. The first-order chi connectivity index (χ1) is 7.16. The first-order valence-electron chi connectivity index (χ1n) is 3.93. The summed E-state index contributed by atoms with van der Waals surface area (Å²) in [5.41, 5.74) is 0.282. The third-order valence-corrected chi connectivity index (χ3v) is 2.50. The van der Waals surface area contributed by atoms with E-state index in [9.17, 15) is 21.6 Å². The van der Waals surface area contributed by atoms with Gasteiger partial charge in [-0.25, -0.2) is 8.42 Å². The molecular formula is C8H6ClF3O3S. The molecule has 0 aliphatic carbocycles. The lowest BCUT2D eigenvalue weighted by atomic mass is 10.2. The fourth-order valence-corrected chi connectivity index (χ4v) is 1.95. The SMILES string of the molecule is O=S(=O)(Cl)Cc1ccc(OC(F)(F)F)cc1. The summed E-state index contributed by atoms with van der Waals surface area (Å²) in [5.74, 6) is -0.857. The maximum absolute atomic E-state index is 11.8.